The minimum absolute atomic E-state index is 0.225. The lowest BCUT2D eigenvalue weighted by Gasteiger charge is -2.17. The number of nitrogens with zero attached hydrogens (tertiary/aromatic N) is 2. The van der Waals surface area contributed by atoms with E-state index in [9.17, 15) is 22.0 Å². The number of pyridine rings is 1. The molecule has 98 valence electrons. The Morgan fingerprint density at radius 3 is 2.39 bits per heavy atom. The molecule has 0 aliphatic heterocycles. The lowest BCUT2D eigenvalue weighted by molar-refractivity contribution is -0.140. The molecule has 0 saturated carbocycles. The third-order valence-electron chi connectivity index (χ3n) is 2.27. The zero-order valence-corrected chi connectivity index (χ0v) is 8.93. The van der Waals surface area contributed by atoms with Crippen LogP contribution < -0.4 is 5.73 Å². The van der Waals surface area contributed by atoms with Gasteiger partial charge in [0.25, 0.3) is 6.43 Å². The Kier molecular flexibility index (Phi) is 4.19. The molecule has 0 aromatic carbocycles. The minimum atomic E-state index is -4.96. The highest BCUT2D eigenvalue weighted by atomic mass is 19.4. The first-order valence-corrected chi connectivity index (χ1v) is 4.76. The molecule has 2 N–H and O–H groups in total. The van der Waals surface area contributed by atoms with Gasteiger partial charge in [0.2, 0.25) is 0 Å². The predicted molar refractivity (Wildman–Crippen MR) is 51.4 cm³/mol. The number of rotatable bonds is 3. The molecular formula is C10H8F5N3. The molecule has 0 aliphatic carbocycles. The van der Waals surface area contributed by atoms with Gasteiger partial charge in [-0.1, -0.05) is 0 Å². The summed E-state index contributed by atoms with van der Waals surface area (Å²) in [5, 5.41) is 8.45. The molecule has 1 aromatic rings. The van der Waals surface area contributed by atoms with Crippen LogP contribution in [0.3, 0.4) is 0 Å². The number of halogens is 5. The van der Waals surface area contributed by atoms with Crippen molar-refractivity contribution in [2.75, 3.05) is 0 Å². The van der Waals surface area contributed by atoms with Crippen LogP contribution in [0.25, 0.3) is 0 Å². The van der Waals surface area contributed by atoms with E-state index in [1.807, 2.05) is 0 Å². The average Bonchev–Trinajstić information content (AvgIpc) is 2.27. The lowest BCUT2D eigenvalue weighted by Crippen LogP contribution is -2.18. The Hall–Kier alpha value is -1.75. The topological polar surface area (TPSA) is 62.7 Å². The molecular weight excluding hydrogens is 257 g/mol. The quantitative estimate of drug-likeness (QED) is 0.854. The maximum Gasteiger partial charge on any atom is 0.417 e. The average molecular weight is 265 g/mol. The summed E-state index contributed by atoms with van der Waals surface area (Å²) in [5.74, 6) is 0. The first-order valence-electron chi connectivity index (χ1n) is 4.76. The molecule has 0 unspecified atom stereocenters. The lowest BCUT2D eigenvalue weighted by atomic mass is 9.99. The van der Waals surface area contributed by atoms with Crippen LogP contribution in [0.4, 0.5) is 22.0 Å². The van der Waals surface area contributed by atoms with E-state index in [0.717, 1.165) is 0 Å². The van der Waals surface area contributed by atoms with Crippen LogP contribution in [0.2, 0.25) is 0 Å². The van der Waals surface area contributed by atoms with Gasteiger partial charge in [0.15, 0.2) is 0 Å². The van der Waals surface area contributed by atoms with Gasteiger partial charge >= 0.3 is 6.18 Å². The third-order valence-corrected chi connectivity index (χ3v) is 2.27. The van der Waals surface area contributed by atoms with Crippen molar-refractivity contribution in [1.82, 2.24) is 4.98 Å². The molecule has 0 saturated heterocycles. The fraction of sp³-hybridized carbons (Fsp3) is 0.400. The highest BCUT2D eigenvalue weighted by Crippen LogP contribution is 2.39. The standard InChI is InChI=1S/C10H8F5N3/c11-9(12)6-4-18-7(1-2-16)5(3-17)8(6)10(13,14)15/h4,9H,1,3,17H2. The van der Waals surface area contributed by atoms with E-state index in [4.69, 9.17) is 11.0 Å². The summed E-state index contributed by atoms with van der Waals surface area (Å²) >= 11 is 0. The Balaban J connectivity index is 3.57. The molecule has 0 fully saturated rings. The second-order valence-corrected chi connectivity index (χ2v) is 3.35. The second-order valence-electron chi connectivity index (χ2n) is 3.35. The summed E-state index contributed by atoms with van der Waals surface area (Å²) in [5.41, 5.74) is 1.67. The van der Waals surface area contributed by atoms with Crippen molar-refractivity contribution in [3.05, 3.63) is 28.6 Å². The highest BCUT2D eigenvalue weighted by Gasteiger charge is 2.39. The molecule has 8 heteroatoms. The van der Waals surface area contributed by atoms with Crippen molar-refractivity contribution in [2.24, 2.45) is 5.73 Å². The molecule has 0 bridgehead atoms. The van der Waals surface area contributed by atoms with Crippen molar-refractivity contribution >= 4 is 0 Å². The van der Waals surface area contributed by atoms with Crippen LogP contribution in [0.15, 0.2) is 6.20 Å². The number of hydrogen-bond donors (Lipinski definition) is 1. The Labute approximate surface area is 99.0 Å². The van der Waals surface area contributed by atoms with Crippen molar-refractivity contribution in [3.8, 4) is 6.07 Å². The van der Waals surface area contributed by atoms with Gasteiger partial charge in [-0.2, -0.15) is 18.4 Å². The molecule has 0 spiro atoms. The van der Waals surface area contributed by atoms with Crippen LogP contribution in [-0.2, 0) is 19.1 Å². The smallest absolute Gasteiger partial charge is 0.326 e. The number of hydrogen-bond acceptors (Lipinski definition) is 3. The van der Waals surface area contributed by atoms with E-state index in [2.05, 4.69) is 4.98 Å². The second kappa shape index (κ2) is 5.27. The van der Waals surface area contributed by atoms with Gasteiger partial charge in [0.05, 0.1) is 23.7 Å². The summed E-state index contributed by atoms with van der Waals surface area (Å²) in [6.45, 7) is -0.612. The minimum Gasteiger partial charge on any atom is -0.326 e. The summed E-state index contributed by atoms with van der Waals surface area (Å²) in [6, 6.07) is 1.61. The fourth-order valence-electron chi connectivity index (χ4n) is 1.56. The van der Waals surface area contributed by atoms with Gasteiger partial charge in [-0.3, -0.25) is 4.98 Å². The van der Waals surface area contributed by atoms with Crippen molar-refractivity contribution in [2.45, 2.75) is 25.6 Å². The maximum absolute atomic E-state index is 12.8. The van der Waals surface area contributed by atoms with Gasteiger partial charge in [0, 0.05) is 23.9 Å². The Morgan fingerprint density at radius 2 is 2.00 bits per heavy atom. The number of nitrogens with two attached hydrogens (primary N) is 1. The van der Waals surface area contributed by atoms with Crippen molar-refractivity contribution in [1.29, 1.82) is 5.26 Å². The first-order chi connectivity index (χ1) is 8.32. The van der Waals surface area contributed by atoms with Crippen molar-refractivity contribution in [3.63, 3.8) is 0 Å². The van der Waals surface area contributed by atoms with Crippen molar-refractivity contribution < 1.29 is 22.0 Å². The molecule has 18 heavy (non-hydrogen) atoms. The summed E-state index contributed by atoms with van der Waals surface area (Å²) in [6.07, 6.45) is -8.25. The summed E-state index contributed by atoms with van der Waals surface area (Å²) in [4.78, 5) is 3.45. The molecule has 1 heterocycles. The molecule has 0 radical (unpaired) electrons. The molecule has 1 rings (SSSR count). The molecule has 3 nitrogen and oxygen atoms in total. The SMILES string of the molecule is N#CCc1ncc(C(F)F)c(C(F)(F)F)c1CN. The van der Waals surface area contributed by atoms with Crippen LogP contribution in [-0.4, -0.2) is 4.98 Å². The highest BCUT2D eigenvalue weighted by molar-refractivity contribution is 5.40. The van der Waals surface area contributed by atoms with E-state index in [1.165, 1.54) is 0 Å². The number of nitriles is 1. The van der Waals surface area contributed by atoms with E-state index in [0.29, 0.717) is 6.20 Å². The van der Waals surface area contributed by atoms with Gasteiger partial charge in [-0.05, 0) is 0 Å². The van der Waals surface area contributed by atoms with E-state index in [-0.39, 0.29) is 5.69 Å². The van der Waals surface area contributed by atoms with Gasteiger partial charge in [-0.15, -0.1) is 0 Å². The van der Waals surface area contributed by atoms with Gasteiger partial charge in [0.1, 0.15) is 0 Å². The number of aromatic nitrogens is 1. The van der Waals surface area contributed by atoms with Crippen LogP contribution >= 0.6 is 0 Å². The molecule has 0 atom stereocenters. The van der Waals surface area contributed by atoms with Gasteiger partial charge < -0.3 is 5.73 Å². The van der Waals surface area contributed by atoms with E-state index >= 15 is 0 Å². The summed E-state index contributed by atoms with van der Waals surface area (Å²) < 4.78 is 63.4. The van der Waals surface area contributed by atoms with E-state index in [1.54, 1.807) is 6.07 Å². The Morgan fingerprint density at radius 1 is 1.39 bits per heavy atom. The third kappa shape index (κ3) is 2.73. The monoisotopic (exact) mass is 265 g/mol. The van der Waals surface area contributed by atoms with Crippen LogP contribution in [0.1, 0.15) is 28.8 Å². The van der Waals surface area contributed by atoms with Crippen LogP contribution in [0.5, 0.6) is 0 Å². The molecule has 0 amide bonds. The normalized spacial score (nSPS) is 11.7. The van der Waals surface area contributed by atoms with Gasteiger partial charge in [-0.25, -0.2) is 8.78 Å². The Bertz CT molecular complexity index is 476. The molecule has 0 aliphatic rings. The maximum atomic E-state index is 12.8. The first kappa shape index (κ1) is 14.3. The zero-order chi connectivity index (χ0) is 13.9. The van der Waals surface area contributed by atoms with Crippen LogP contribution in [0, 0.1) is 11.3 Å². The fourth-order valence-corrected chi connectivity index (χ4v) is 1.56. The molecule has 1 aromatic heterocycles. The predicted octanol–water partition coefficient (Wildman–Crippen LogP) is 2.56. The van der Waals surface area contributed by atoms with E-state index < -0.39 is 42.3 Å². The largest absolute Gasteiger partial charge is 0.417 e. The number of alkyl halides is 5. The summed E-state index contributed by atoms with van der Waals surface area (Å²) in [7, 11) is 0. The zero-order valence-electron chi connectivity index (χ0n) is 8.93.